The number of hydrogen-bond donors (Lipinski definition) is 2. The van der Waals surface area contributed by atoms with Crippen LogP contribution in [0.3, 0.4) is 0 Å². The Kier molecular flexibility index (Phi) is 3.09. The van der Waals surface area contributed by atoms with E-state index >= 15 is 0 Å². The zero-order valence-electron chi connectivity index (χ0n) is 10.8. The predicted molar refractivity (Wildman–Crippen MR) is 70.3 cm³/mol. The van der Waals surface area contributed by atoms with E-state index in [-0.39, 0.29) is 5.91 Å². The Labute approximate surface area is 105 Å². The van der Waals surface area contributed by atoms with Gasteiger partial charge in [-0.25, -0.2) is 4.98 Å². The van der Waals surface area contributed by atoms with Gasteiger partial charge in [0.25, 0.3) is 0 Å². The molecule has 3 N–H and O–H groups in total. The summed E-state index contributed by atoms with van der Waals surface area (Å²) < 4.78 is 5.50. The Morgan fingerprint density at radius 3 is 2.83 bits per heavy atom. The quantitative estimate of drug-likeness (QED) is 0.869. The standard InChI is InChI=1S/C13H17N3O2/c1-4-11-16-9-7-8(5-6-10(9)18-11)15-12(17)13(2,3)14/h5-7H,4,14H2,1-3H3,(H,15,17). The van der Waals surface area contributed by atoms with E-state index in [0.29, 0.717) is 11.6 Å². The molecular formula is C13H17N3O2. The van der Waals surface area contributed by atoms with Crippen LogP contribution in [0.4, 0.5) is 5.69 Å². The number of aryl methyl sites for hydroxylation is 1. The third-order valence-corrected chi connectivity index (χ3v) is 2.58. The number of fused-ring (bicyclic) bond motifs is 1. The molecule has 0 saturated carbocycles. The van der Waals surface area contributed by atoms with Crippen molar-refractivity contribution in [1.29, 1.82) is 0 Å². The fraction of sp³-hybridized carbons (Fsp3) is 0.385. The molecule has 1 amide bonds. The van der Waals surface area contributed by atoms with E-state index in [1.807, 2.05) is 6.92 Å². The van der Waals surface area contributed by atoms with Crippen molar-refractivity contribution >= 4 is 22.7 Å². The summed E-state index contributed by atoms with van der Waals surface area (Å²) in [5, 5.41) is 2.76. The minimum Gasteiger partial charge on any atom is -0.441 e. The van der Waals surface area contributed by atoms with Gasteiger partial charge in [0, 0.05) is 12.1 Å². The highest BCUT2D eigenvalue weighted by Crippen LogP contribution is 2.20. The summed E-state index contributed by atoms with van der Waals surface area (Å²) in [5.41, 5.74) is 6.93. The Morgan fingerprint density at radius 1 is 1.50 bits per heavy atom. The van der Waals surface area contributed by atoms with Crippen LogP contribution in [0.1, 0.15) is 26.7 Å². The zero-order valence-corrected chi connectivity index (χ0v) is 10.8. The van der Waals surface area contributed by atoms with E-state index < -0.39 is 5.54 Å². The van der Waals surface area contributed by atoms with Crippen LogP contribution < -0.4 is 11.1 Å². The smallest absolute Gasteiger partial charge is 0.243 e. The fourth-order valence-electron chi connectivity index (χ4n) is 1.50. The molecule has 5 heteroatoms. The predicted octanol–water partition coefficient (Wildman–Crippen LogP) is 2.07. The third-order valence-electron chi connectivity index (χ3n) is 2.58. The van der Waals surface area contributed by atoms with E-state index in [1.165, 1.54) is 0 Å². The number of amides is 1. The lowest BCUT2D eigenvalue weighted by Gasteiger charge is -2.17. The molecule has 0 radical (unpaired) electrons. The average molecular weight is 247 g/mol. The molecule has 0 bridgehead atoms. The van der Waals surface area contributed by atoms with Crippen molar-refractivity contribution < 1.29 is 9.21 Å². The maximum Gasteiger partial charge on any atom is 0.243 e. The number of nitrogens with zero attached hydrogens (tertiary/aromatic N) is 1. The SMILES string of the molecule is CCc1nc2cc(NC(=O)C(C)(C)N)ccc2o1. The monoisotopic (exact) mass is 247 g/mol. The summed E-state index contributed by atoms with van der Waals surface area (Å²) >= 11 is 0. The molecule has 2 aromatic rings. The summed E-state index contributed by atoms with van der Waals surface area (Å²) in [6.07, 6.45) is 0.742. The number of anilines is 1. The second-order valence-electron chi connectivity index (χ2n) is 4.82. The normalized spacial score (nSPS) is 11.8. The first-order valence-corrected chi connectivity index (χ1v) is 5.90. The fourth-order valence-corrected chi connectivity index (χ4v) is 1.50. The number of benzene rings is 1. The first kappa shape index (κ1) is 12.6. The molecule has 1 aromatic carbocycles. The molecule has 1 heterocycles. The van der Waals surface area contributed by atoms with Gasteiger partial charge in [0.2, 0.25) is 5.91 Å². The van der Waals surface area contributed by atoms with E-state index in [9.17, 15) is 4.79 Å². The van der Waals surface area contributed by atoms with Gasteiger partial charge in [-0.05, 0) is 32.0 Å². The van der Waals surface area contributed by atoms with E-state index in [0.717, 1.165) is 17.5 Å². The Balaban J connectivity index is 2.27. The van der Waals surface area contributed by atoms with Gasteiger partial charge in [0.05, 0.1) is 5.54 Å². The summed E-state index contributed by atoms with van der Waals surface area (Å²) in [6.45, 7) is 5.29. The van der Waals surface area contributed by atoms with Crippen LogP contribution in [-0.2, 0) is 11.2 Å². The van der Waals surface area contributed by atoms with Gasteiger partial charge in [0.15, 0.2) is 11.5 Å². The lowest BCUT2D eigenvalue weighted by molar-refractivity contribution is -0.120. The molecule has 0 aliphatic carbocycles. The number of carbonyl (C=O) groups excluding carboxylic acids is 1. The van der Waals surface area contributed by atoms with Crippen LogP contribution >= 0.6 is 0 Å². The number of nitrogens with two attached hydrogens (primary N) is 1. The molecule has 1 aromatic heterocycles. The van der Waals surface area contributed by atoms with Crippen molar-refractivity contribution in [3.63, 3.8) is 0 Å². The summed E-state index contributed by atoms with van der Waals surface area (Å²) in [5.74, 6) is 0.452. The van der Waals surface area contributed by atoms with Gasteiger partial charge < -0.3 is 15.5 Å². The number of nitrogens with one attached hydrogen (secondary N) is 1. The molecule has 0 saturated heterocycles. The minimum atomic E-state index is -0.909. The molecule has 0 fully saturated rings. The van der Waals surface area contributed by atoms with Crippen molar-refractivity contribution in [2.45, 2.75) is 32.7 Å². The minimum absolute atomic E-state index is 0.235. The molecule has 0 aliphatic heterocycles. The maximum absolute atomic E-state index is 11.8. The molecule has 0 unspecified atom stereocenters. The highest BCUT2D eigenvalue weighted by molar-refractivity contribution is 5.98. The lowest BCUT2D eigenvalue weighted by atomic mass is 10.1. The number of rotatable bonds is 3. The highest BCUT2D eigenvalue weighted by atomic mass is 16.3. The van der Waals surface area contributed by atoms with Crippen molar-refractivity contribution in [3.8, 4) is 0 Å². The molecule has 0 atom stereocenters. The van der Waals surface area contributed by atoms with E-state index in [2.05, 4.69) is 10.3 Å². The van der Waals surface area contributed by atoms with Crippen molar-refractivity contribution in [1.82, 2.24) is 4.98 Å². The summed E-state index contributed by atoms with van der Waals surface area (Å²) in [4.78, 5) is 16.1. The first-order valence-electron chi connectivity index (χ1n) is 5.90. The number of oxazole rings is 1. The van der Waals surface area contributed by atoms with E-state index in [4.69, 9.17) is 10.2 Å². The summed E-state index contributed by atoms with van der Waals surface area (Å²) in [7, 11) is 0. The third kappa shape index (κ3) is 2.51. The van der Waals surface area contributed by atoms with E-state index in [1.54, 1.807) is 32.0 Å². The maximum atomic E-state index is 11.8. The van der Waals surface area contributed by atoms with Crippen LogP contribution in [0.25, 0.3) is 11.1 Å². The van der Waals surface area contributed by atoms with Gasteiger partial charge in [-0.2, -0.15) is 0 Å². The second-order valence-corrected chi connectivity index (χ2v) is 4.82. The van der Waals surface area contributed by atoms with Gasteiger partial charge >= 0.3 is 0 Å². The number of aromatic nitrogens is 1. The topological polar surface area (TPSA) is 81.2 Å². The Bertz CT molecular complexity index is 581. The van der Waals surface area contributed by atoms with Crippen LogP contribution in [0, 0.1) is 0 Å². The molecule has 0 spiro atoms. The van der Waals surface area contributed by atoms with Crippen molar-refractivity contribution in [3.05, 3.63) is 24.1 Å². The van der Waals surface area contributed by atoms with Gasteiger partial charge in [-0.3, -0.25) is 4.79 Å². The summed E-state index contributed by atoms with van der Waals surface area (Å²) in [6, 6.07) is 5.35. The molecule has 96 valence electrons. The van der Waals surface area contributed by atoms with Crippen LogP contribution in [0.5, 0.6) is 0 Å². The van der Waals surface area contributed by atoms with Crippen molar-refractivity contribution in [2.24, 2.45) is 5.73 Å². The zero-order chi connectivity index (χ0) is 13.3. The second kappa shape index (κ2) is 4.42. The number of hydrogen-bond acceptors (Lipinski definition) is 4. The molecule has 18 heavy (non-hydrogen) atoms. The molecule has 2 rings (SSSR count). The highest BCUT2D eigenvalue weighted by Gasteiger charge is 2.21. The average Bonchev–Trinajstić information content (AvgIpc) is 2.69. The van der Waals surface area contributed by atoms with Gasteiger partial charge in [-0.15, -0.1) is 0 Å². The number of carbonyl (C=O) groups is 1. The van der Waals surface area contributed by atoms with Gasteiger partial charge in [0.1, 0.15) is 5.52 Å². The van der Waals surface area contributed by atoms with Crippen LogP contribution in [-0.4, -0.2) is 16.4 Å². The van der Waals surface area contributed by atoms with Gasteiger partial charge in [-0.1, -0.05) is 6.92 Å². The first-order chi connectivity index (χ1) is 8.40. The lowest BCUT2D eigenvalue weighted by Crippen LogP contribution is -2.45. The van der Waals surface area contributed by atoms with Crippen molar-refractivity contribution in [2.75, 3.05) is 5.32 Å². The molecule has 0 aliphatic rings. The Morgan fingerprint density at radius 2 is 2.22 bits per heavy atom. The van der Waals surface area contributed by atoms with Crippen LogP contribution in [0.15, 0.2) is 22.6 Å². The molecular weight excluding hydrogens is 230 g/mol. The Hall–Kier alpha value is -1.88. The van der Waals surface area contributed by atoms with Crippen LogP contribution in [0.2, 0.25) is 0 Å². The largest absolute Gasteiger partial charge is 0.441 e. The molecule has 5 nitrogen and oxygen atoms in total.